The smallest absolute Gasteiger partial charge is 0.494 e. The maximum absolute atomic E-state index is 9.75. The molecule has 0 bridgehead atoms. The van der Waals surface area contributed by atoms with Crippen LogP contribution in [0.25, 0.3) is 32.0 Å². The van der Waals surface area contributed by atoms with E-state index in [-0.39, 0.29) is 0 Å². The second kappa shape index (κ2) is 13.1. The molecule has 0 saturated carbocycles. The second-order valence-corrected chi connectivity index (χ2v) is 8.97. The third kappa shape index (κ3) is 9.17. The highest BCUT2D eigenvalue weighted by Crippen LogP contribution is 2.37. The first-order chi connectivity index (χ1) is 16.8. The average molecular weight is 498 g/mol. The second-order valence-electron chi connectivity index (χ2n) is 7.88. The fourth-order valence-electron chi connectivity index (χ4n) is 3.44. The van der Waals surface area contributed by atoms with Crippen molar-refractivity contribution in [2.45, 2.75) is 26.2 Å². The zero-order chi connectivity index (χ0) is 25.1. The van der Waals surface area contributed by atoms with Crippen LogP contribution in [0, 0.1) is 0 Å². The molecule has 0 unspecified atom stereocenters. The van der Waals surface area contributed by atoms with Gasteiger partial charge in [-0.25, -0.2) is 0 Å². The molecule has 0 N–H and O–H groups in total. The third-order valence-electron chi connectivity index (χ3n) is 5.11. The van der Waals surface area contributed by atoms with E-state index in [4.69, 9.17) is 4.74 Å². The molecule has 182 valence electrons. The topological polar surface area (TPSA) is 9.23 Å². The molecule has 0 saturated heterocycles. The molecule has 35 heavy (non-hydrogen) atoms. The van der Waals surface area contributed by atoms with Crippen LogP contribution < -0.4 is 4.74 Å². The minimum atomic E-state index is -6.00. The van der Waals surface area contributed by atoms with Gasteiger partial charge in [-0.2, -0.15) is 0 Å². The number of benzene rings is 3. The van der Waals surface area contributed by atoms with Gasteiger partial charge in [0.25, 0.3) is 0 Å². The molecule has 4 rings (SSSR count). The lowest BCUT2D eigenvalue weighted by atomic mass is 10.0. The molecule has 4 aromatic rings. The van der Waals surface area contributed by atoms with Crippen LogP contribution in [0.5, 0.6) is 5.75 Å². The van der Waals surface area contributed by atoms with Gasteiger partial charge >= 0.3 is 7.25 Å². The number of halogens is 4. The summed E-state index contributed by atoms with van der Waals surface area (Å²) in [5, 5.41) is 0. The van der Waals surface area contributed by atoms with Gasteiger partial charge in [-0.3, -0.25) is 0 Å². The molecule has 3 aromatic carbocycles. The van der Waals surface area contributed by atoms with Gasteiger partial charge in [0, 0.05) is 23.3 Å². The highest BCUT2D eigenvalue weighted by molar-refractivity contribution is 7.18. The maximum Gasteiger partial charge on any atom is 0.673 e. The van der Waals surface area contributed by atoms with Crippen molar-refractivity contribution in [3.8, 4) is 37.8 Å². The molecule has 7 heteroatoms. The monoisotopic (exact) mass is 498 g/mol. The van der Waals surface area contributed by atoms with Gasteiger partial charge in [0.2, 0.25) is 21.1 Å². The normalized spacial score (nSPS) is 10.9. The van der Waals surface area contributed by atoms with Crippen LogP contribution in [0.4, 0.5) is 17.3 Å². The average Bonchev–Trinajstić information content (AvgIpc) is 2.87. The van der Waals surface area contributed by atoms with Crippen LogP contribution in [0.3, 0.4) is 0 Å². The van der Waals surface area contributed by atoms with Crippen molar-refractivity contribution in [1.82, 2.24) is 0 Å². The van der Waals surface area contributed by atoms with Gasteiger partial charge in [0.15, 0.2) is 0 Å². The van der Waals surface area contributed by atoms with E-state index < -0.39 is 7.25 Å². The van der Waals surface area contributed by atoms with Crippen LogP contribution in [-0.4, -0.2) is 13.9 Å². The van der Waals surface area contributed by atoms with E-state index in [1.807, 2.05) is 11.3 Å². The Morgan fingerprint density at radius 3 is 1.63 bits per heavy atom. The quantitative estimate of drug-likeness (QED) is 0.102. The van der Waals surface area contributed by atoms with Crippen LogP contribution in [0.15, 0.2) is 97.1 Å². The largest absolute Gasteiger partial charge is 0.673 e. The molecule has 1 heterocycles. The highest BCUT2D eigenvalue weighted by Gasteiger charge is 2.21. The molecule has 0 amide bonds. The number of ether oxygens (including phenoxy) is 1. The Hall–Kier alpha value is -3.19. The first-order valence-electron chi connectivity index (χ1n) is 11.5. The van der Waals surface area contributed by atoms with Crippen molar-refractivity contribution in [3.05, 3.63) is 97.1 Å². The van der Waals surface area contributed by atoms with Crippen molar-refractivity contribution >= 4 is 18.6 Å². The van der Waals surface area contributed by atoms with Crippen LogP contribution >= 0.6 is 11.3 Å². The van der Waals surface area contributed by atoms with Crippen LogP contribution in [0.1, 0.15) is 26.2 Å². The predicted octanol–water partition coefficient (Wildman–Crippen LogP) is 9.90. The summed E-state index contributed by atoms with van der Waals surface area (Å²) in [5.41, 5.74) is 4.94. The zero-order valence-electron chi connectivity index (χ0n) is 19.5. The fourth-order valence-corrected chi connectivity index (χ4v) is 4.56. The molecule has 0 spiro atoms. The summed E-state index contributed by atoms with van der Waals surface area (Å²) in [7, 11) is -6.00. The Kier molecular flexibility index (Phi) is 9.85. The molecular formula is C28H27BF4OS. The minimum absolute atomic E-state index is 0.789. The van der Waals surface area contributed by atoms with E-state index in [0.717, 1.165) is 18.8 Å². The molecule has 0 fully saturated rings. The van der Waals surface area contributed by atoms with E-state index in [9.17, 15) is 17.3 Å². The lowest BCUT2D eigenvalue weighted by Gasteiger charge is -2.06. The number of hydrogen-bond acceptors (Lipinski definition) is 1. The maximum atomic E-state index is 9.75. The van der Waals surface area contributed by atoms with Gasteiger partial charge < -0.3 is 22.0 Å². The van der Waals surface area contributed by atoms with Gasteiger partial charge in [-0.1, -0.05) is 68.3 Å². The number of unbranched alkanes of at least 4 members (excludes halogenated alkanes) is 2. The Morgan fingerprint density at radius 1 is 0.629 bits per heavy atom. The SMILES string of the molecule is CCCCCOc1ccc(-c2cc(-c3ccccc3)cc(-c3ccccc3)[s+]2)cc1.F[B-](F)(F)F. The van der Waals surface area contributed by atoms with Crippen molar-refractivity contribution in [2.24, 2.45) is 0 Å². The lowest BCUT2D eigenvalue weighted by molar-refractivity contribution is 0.306. The summed E-state index contributed by atoms with van der Waals surface area (Å²) in [6, 6.07) is 34.3. The Labute approximate surface area is 208 Å². The van der Waals surface area contributed by atoms with Crippen molar-refractivity contribution in [2.75, 3.05) is 6.61 Å². The zero-order valence-corrected chi connectivity index (χ0v) is 20.3. The molecule has 1 aromatic heterocycles. The summed E-state index contributed by atoms with van der Waals surface area (Å²) < 4.78 is 44.9. The first kappa shape index (κ1) is 26.4. The summed E-state index contributed by atoms with van der Waals surface area (Å²) in [4.78, 5) is 2.53. The van der Waals surface area contributed by atoms with Gasteiger partial charge in [0.1, 0.15) is 5.75 Å². The summed E-state index contributed by atoms with van der Waals surface area (Å²) in [6.07, 6.45) is 3.54. The van der Waals surface area contributed by atoms with Crippen LogP contribution in [0.2, 0.25) is 0 Å². The first-order valence-corrected chi connectivity index (χ1v) is 12.3. The van der Waals surface area contributed by atoms with Gasteiger partial charge in [0.05, 0.1) is 6.61 Å². The molecule has 0 aliphatic rings. The van der Waals surface area contributed by atoms with Gasteiger partial charge in [-0.05, 0) is 53.9 Å². The molecule has 0 aliphatic heterocycles. The van der Waals surface area contributed by atoms with E-state index in [0.29, 0.717) is 0 Å². The van der Waals surface area contributed by atoms with Crippen molar-refractivity contribution < 1.29 is 22.0 Å². The minimum Gasteiger partial charge on any atom is -0.494 e. The molecular weight excluding hydrogens is 471 g/mol. The number of hydrogen-bond donors (Lipinski definition) is 0. The van der Waals surface area contributed by atoms with Crippen molar-refractivity contribution in [3.63, 3.8) is 0 Å². The molecule has 0 radical (unpaired) electrons. The van der Waals surface area contributed by atoms with E-state index in [1.54, 1.807) is 0 Å². The van der Waals surface area contributed by atoms with Gasteiger partial charge in [-0.15, -0.1) is 0 Å². The van der Waals surface area contributed by atoms with E-state index >= 15 is 0 Å². The summed E-state index contributed by atoms with van der Waals surface area (Å²) >= 11 is 1.83. The molecule has 1 nitrogen and oxygen atoms in total. The number of rotatable bonds is 8. The summed E-state index contributed by atoms with van der Waals surface area (Å²) in [5.74, 6) is 0.947. The van der Waals surface area contributed by atoms with E-state index in [1.165, 1.54) is 44.8 Å². The van der Waals surface area contributed by atoms with Crippen LogP contribution in [-0.2, 0) is 0 Å². The lowest BCUT2D eigenvalue weighted by Crippen LogP contribution is -2.02. The Bertz CT molecular complexity index is 1100. The van der Waals surface area contributed by atoms with E-state index in [2.05, 4.69) is 104 Å². The Balaban J connectivity index is 0.000000623. The standard InChI is InChI=1S/C28H27OS.BF4/c1-2-3-10-19-29-26-17-15-24(16-18-26)28-21-25(22-11-6-4-7-12-22)20-27(30-28)23-13-8-5-9-14-23;2-1(3,4)5/h4-9,11-18,20-21H,2-3,10,19H2,1H3;/q+1;-1. The predicted molar refractivity (Wildman–Crippen MR) is 140 cm³/mol. The summed E-state index contributed by atoms with van der Waals surface area (Å²) in [6.45, 7) is 3.00. The highest BCUT2D eigenvalue weighted by atomic mass is 32.1. The third-order valence-corrected chi connectivity index (χ3v) is 6.26. The van der Waals surface area contributed by atoms with Crippen molar-refractivity contribution in [1.29, 1.82) is 0 Å². The molecule has 0 atom stereocenters. The molecule has 0 aliphatic carbocycles. The fraction of sp³-hybridized carbons (Fsp3) is 0.179. The Morgan fingerprint density at radius 2 is 1.11 bits per heavy atom.